The molecule has 6 heteroatoms. The molecule has 0 amide bonds. The fourth-order valence-electron chi connectivity index (χ4n) is 1.95. The van der Waals surface area contributed by atoms with Crippen molar-refractivity contribution in [2.45, 2.75) is 4.58 Å². The molecule has 0 aliphatic carbocycles. The van der Waals surface area contributed by atoms with Crippen molar-refractivity contribution in [1.29, 1.82) is 0 Å². The molecule has 1 aromatic carbocycles. The zero-order valence-electron chi connectivity index (χ0n) is 11.4. The first-order chi connectivity index (χ1) is 10.3. The molecule has 1 aliphatic rings. The summed E-state index contributed by atoms with van der Waals surface area (Å²) >= 11 is 3.93. The number of ether oxygens (including phenoxy) is 2. The van der Waals surface area contributed by atoms with Crippen LogP contribution in [0.2, 0.25) is 0 Å². The van der Waals surface area contributed by atoms with Crippen LogP contribution in [-0.4, -0.2) is 24.6 Å². The van der Waals surface area contributed by atoms with Gasteiger partial charge in [-0.1, -0.05) is 12.1 Å². The molecule has 1 saturated heterocycles. The lowest BCUT2D eigenvalue weighted by atomic mass is 10.2. The van der Waals surface area contributed by atoms with Gasteiger partial charge in [-0.05, 0) is 23.8 Å². The molecule has 1 fully saturated rings. The average molecular weight is 322 g/mol. The van der Waals surface area contributed by atoms with Crippen molar-refractivity contribution in [3.63, 3.8) is 0 Å². The van der Waals surface area contributed by atoms with E-state index in [9.17, 15) is 4.79 Å². The summed E-state index contributed by atoms with van der Waals surface area (Å²) in [6, 6.07) is 11.1. The van der Waals surface area contributed by atoms with Crippen LogP contribution in [0.4, 0.5) is 0 Å². The monoisotopic (exact) mass is 322 g/mol. The van der Waals surface area contributed by atoms with Gasteiger partial charge < -0.3 is 13.9 Å². The van der Waals surface area contributed by atoms with Crippen molar-refractivity contribution in [1.82, 2.24) is 0 Å². The van der Waals surface area contributed by atoms with Crippen LogP contribution in [0.3, 0.4) is 0 Å². The van der Waals surface area contributed by atoms with Gasteiger partial charge >= 0.3 is 5.97 Å². The first-order valence-electron chi connectivity index (χ1n) is 6.45. The second-order valence-electron chi connectivity index (χ2n) is 4.35. The van der Waals surface area contributed by atoms with E-state index in [1.165, 1.54) is 30.2 Å². The maximum Gasteiger partial charge on any atom is 0.374 e. The Balaban J connectivity index is 1.67. The number of rotatable bonds is 4. The van der Waals surface area contributed by atoms with E-state index < -0.39 is 5.97 Å². The predicted molar refractivity (Wildman–Crippen MR) is 84.2 cm³/mol. The third-order valence-corrected chi connectivity index (χ3v) is 6.06. The standard InChI is InChI=1S/C15H14O4S2/c1-17-14(16)12-6-7-13(19-12)18-11-4-2-10(3-5-11)15-20-8-9-21-15/h2-7,15H,8-9H2,1H3. The Morgan fingerprint density at radius 3 is 2.52 bits per heavy atom. The molecule has 2 heterocycles. The summed E-state index contributed by atoms with van der Waals surface area (Å²) in [5.41, 5.74) is 1.30. The Labute approximate surface area is 131 Å². The molecule has 0 atom stereocenters. The minimum atomic E-state index is -0.518. The van der Waals surface area contributed by atoms with Gasteiger partial charge in [0.05, 0.1) is 11.7 Å². The van der Waals surface area contributed by atoms with Gasteiger partial charge in [0.2, 0.25) is 5.76 Å². The Kier molecular flexibility index (Phi) is 4.45. The van der Waals surface area contributed by atoms with Crippen LogP contribution in [0.5, 0.6) is 11.7 Å². The molecule has 110 valence electrons. The van der Waals surface area contributed by atoms with Gasteiger partial charge in [-0.15, -0.1) is 23.5 Å². The predicted octanol–water partition coefficient (Wildman–Crippen LogP) is 4.34. The van der Waals surface area contributed by atoms with E-state index in [0.29, 0.717) is 10.3 Å². The topological polar surface area (TPSA) is 48.7 Å². The molecule has 0 radical (unpaired) electrons. The quantitative estimate of drug-likeness (QED) is 0.781. The van der Waals surface area contributed by atoms with Gasteiger partial charge in [-0.2, -0.15) is 0 Å². The molecular weight excluding hydrogens is 308 g/mol. The molecule has 0 bridgehead atoms. The highest BCUT2D eigenvalue weighted by Gasteiger charge is 2.18. The van der Waals surface area contributed by atoms with Crippen LogP contribution in [0.15, 0.2) is 40.8 Å². The maximum atomic E-state index is 11.3. The lowest BCUT2D eigenvalue weighted by molar-refractivity contribution is 0.0560. The number of thioether (sulfide) groups is 2. The van der Waals surface area contributed by atoms with Crippen LogP contribution in [0.1, 0.15) is 20.7 Å². The number of hydrogen-bond acceptors (Lipinski definition) is 6. The smallest absolute Gasteiger partial charge is 0.374 e. The van der Waals surface area contributed by atoms with E-state index in [2.05, 4.69) is 16.9 Å². The normalized spacial score (nSPS) is 15.1. The zero-order chi connectivity index (χ0) is 14.7. The number of esters is 1. The SMILES string of the molecule is COC(=O)c1ccc(Oc2ccc(C3SCCS3)cc2)o1. The molecule has 0 N–H and O–H groups in total. The van der Waals surface area contributed by atoms with Crippen LogP contribution in [0, 0.1) is 0 Å². The van der Waals surface area contributed by atoms with E-state index >= 15 is 0 Å². The number of hydrogen-bond donors (Lipinski definition) is 0. The van der Waals surface area contributed by atoms with Crippen LogP contribution < -0.4 is 4.74 Å². The van der Waals surface area contributed by atoms with Gasteiger partial charge in [0.1, 0.15) is 5.75 Å². The summed E-state index contributed by atoms with van der Waals surface area (Å²) < 4.78 is 16.0. The fraction of sp³-hybridized carbons (Fsp3) is 0.267. The number of carbonyl (C=O) groups is 1. The van der Waals surface area contributed by atoms with Crippen molar-refractivity contribution in [3.05, 3.63) is 47.7 Å². The number of benzene rings is 1. The number of carbonyl (C=O) groups excluding carboxylic acids is 1. The molecule has 0 spiro atoms. The second kappa shape index (κ2) is 6.49. The summed E-state index contributed by atoms with van der Waals surface area (Å²) in [4.78, 5) is 11.3. The summed E-state index contributed by atoms with van der Waals surface area (Å²) in [6.45, 7) is 0. The minimum absolute atomic E-state index is 0.128. The second-order valence-corrected chi connectivity index (χ2v) is 7.08. The Hall–Kier alpha value is -1.53. The van der Waals surface area contributed by atoms with Crippen molar-refractivity contribution in [2.75, 3.05) is 18.6 Å². The van der Waals surface area contributed by atoms with Gasteiger partial charge in [0.15, 0.2) is 0 Å². The number of furan rings is 1. The highest BCUT2D eigenvalue weighted by molar-refractivity contribution is 8.19. The van der Waals surface area contributed by atoms with E-state index in [1.54, 1.807) is 6.07 Å². The van der Waals surface area contributed by atoms with E-state index in [1.807, 2.05) is 35.7 Å². The Morgan fingerprint density at radius 1 is 1.14 bits per heavy atom. The van der Waals surface area contributed by atoms with Gasteiger partial charge in [-0.3, -0.25) is 0 Å². The lowest BCUT2D eigenvalue weighted by Gasteiger charge is -2.09. The zero-order valence-corrected chi connectivity index (χ0v) is 13.0. The third kappa shape index (κ3) is 3.39. The highest BCUT2D eigenvalue weighted by Crippen LogP contribution is 2.45. The van der Waals surface area contributed by atoms with E-state index in [-0.39, 0.29) is 11.7 Å². The van der Waals surface area contributed by atoms with Crippen molar-refractivity contribution >= 4 is 29.5 Å². The van der Waals surface area contributed by atoms with Crippen LogP contribution in [0.25, 0.3) is 0 Å². The van der Waals surface area contributed by atoms with E-state index in [0.717, 1.165) is 0 Å². The third-order valence-electron chi connectivity index (χ3n) is 2.96. The van der Waals surface area contributed by atoms with Crippen molar-refractivity contribution in [2.24, 2.45) is 0 Å². The summed E-state index contributed by atoms with van der Waals surface area (Å²) in [6.07, 6.45) is 0. The van der Waals surface area contributed by atoms with Gasteiger partial charge in [0.25, 0.3) is 5.95 Å². The molecule has 21 heavy (non-hydrogen) atoms. The van der Waals surface area contributed by atoms with Gasteiger partial charge in [0, 0.05) is 17.6 Å². The van der Waals surface area contributed by atoms with Crippen molar-refractivity contribution in [3.8, 4) is 11.7 Å². The van der Waals surface area contributed by atoms with Crippen LogP contribution >= 0.6 is 23.5 Å². The largest absolute Gasteiger partial charge is 0.463 e. The first-order valence-corrected chi connectivity index (χ1v) is 8.55. The molecule has 3 rings (SSSR count). The summed E-state index contributed by atoms with van der Waals surface area (Å²) in [5, 5.41) is 0. The Bertz CT molecular complexity index is 615. The molecule has 0 saturated carbocycles. The molecule has 0 unspecified atom stereocenters. The minimum Gasteiger partial charge on any atom is -0.463 e. The lowest BCUT2D eigenvalue weighted by Crippen LogP contribution is -1.98. The molecule has 2 aromatic rings. The van der Waals surface area contributed by atoms with Crippen LogP contribution in [-0.2, 0) is 4.74 Å². The molecule has 1 aliphatic heterocycles. The average Bonchev–Trinajstić information content (AvgIpc) is 3.18. The number of methoxy groups -OCH3 is 1. The molecular formula is C15H14O4S2. The molecule has 4 nitrogen and oxygen atoms in total. The molecule has 1 aromatic heterocycles. The van der Waals surface area contributed by atoms with E-state index in [4.69, 9.17) is 9.15 Å². The maximum absolute atomic E-state index is 11.3. The summed E-state index contributed by atoms with van der Waals surface area (Å²) in [7, 11) is 1.31. The van der Waals surface area contributed by atoms with Gasteiger partial charge in [-0.25, -0.2) is 4.79 Å². The fourth-order valence-corrected chi connectivity index (χ4v) is 4.80. The summed E-state index contributed by atoms with van der Waals surface area (Å²) in [5.74, 6) is 2.97. The first kappa shape index (κ1) is 14.4. The highest BCUT2D eigenvalue weighted by atomic mass is 32.2. The Morgan fingerprint density at radius 2 is 1.86 bits per heavy atom. The van der Waals surface area contributed by atoms with Crippen molar-refractivity contribution < 1.29 is 18.7 Å².